The molecule has 1 nitrogen and oxygen atoms in total. The van der Waals surface area contributed by atoms with Crippen LogP contribution in [-0.2, 0) is 12.7 Å². The van der Waals surface area contributed by atoms with Crippen molar-refractivity contribution in [1.82, 2.24) is 4.57 Å². The number of aromatic nitrogens is 1. The van der Waals surface area contributed by atoms with Crippen LogP contribution in [0.15, 0.2) is 54.6 Å². The summed E-state index contributed by atoms with van der Waals surface area (Å²) in [6.07, 6.45) is -4.28. The number of nitrogens with zero attached hydrogens (tertiary/aromatic N) is 1. The fraction of sp³-hybridized carbons (Fsp3) is 0.176. The van der Waals surface area contributed by atoms with Crippen molar-refractivity contribution >= 4 is 10.9 Å². The molecular weight excluding hydrogens is 275 g/mol. The van der Waals surface area contributed by atoms with Gasteiger partial charge in [-0.1, -0.05) is 30.3 Å². The first-order valence-corrected chi connectivity index (χ1v) is 6.66. The van der Waals surface area contributed by atoms with Gasteiger partial charge in [0.1, 0.15) is 0 Å². The minimum atomic E-state index is -4.28. The van der Waals surface area contributed by atoms with E-state index in [0.29, 0.717) is 6.54 Å². The topological polar surface area (TPSA) is 4.93 Å². The first-order chi connectivity index (χ1) is 9.95. The smallest absolute Gasteiger partial charge is 0.340 e. The summed E-state index contributed by atoms with van der Waals surface area (Å²) in [5.41, 5.74) is 2.43. The Labute approximate surface area is 120 Å². The first-order valence-electron chi connectivity index (χ1n) is 6.66. The third-order valence-electron chi connectivity index (χ3n) is 3.64. The Morgan fingerprint density at radius 1 is 0.952 bits per heavy atom. The van der Waals surface area contributed by atoms with Crippen LogP contribution in [0.2, 0.25) is 0 Å². The second-order valence-electron chi connectivity index (χ2n) is 5.13. The molecule has 0 fully saturated rings. The van der Waals surface area contributed by atoms with E-state index in [1.54, 1.807) is 0 Å². The molecule has 2 aromatic carbocycles. The average molecular weight is 289 g/mol. The molecule has 0 saturated heterocycles. The second kappa shape index (κ2) is 4.95. The van der Waals surface area contributed by atoms with Crippen LogP contribution in [0.25, 0.3) is 10.9 Å². The maximum absolute atomic E-state index is 12.6. The van der Waals surface area contributed by atoms with Gasteiger partial charge < -0.3 is 4.57 Å². The standard InChI is InChI=1S/C17H14F3N/c1-12-10-14-4-2-3-5-16(14)21(12)11-13-6-8-15(9-7-13)17(18,19)20/h2-10H,11H2,1H3. The van der Waals surface area contributed by atoms with E-state index in [0.717, 1.165) is 34.3 Å². The number of hydrogen-bond donors (Lipinski definition) is 0. The molecule has 1 aromatic heterocycles. The van der Waals surface area contributed by atoms with Gasteiger partial charge in [-0.2, -0.15) is 13.2 Å². The molecule has 0 aliphatic rings. The zero-order valence-corrected chi connectivity index (χ0v) is 11.5. The lowest BCUT2D eigenvalue weighted by atomic mass is 10.1. The predicted octanol–water partition coefficient (Wildman–Crippen LogP) is 5.02. The van der Waals surface area contributed by atoms with Gasteiger partial charge in [0.2, 0.25) is 0 Å². The monoisotopic (exact) mass is 289 g/mol. The van der Waals surface area contributed by atoms with E-state index in [9.17, 15) is 13.2 Å². The van der Waals surface area contributed by atoms with Crippen LogP contribution in [0.4, 0.5) is 13.2 Å². The quantitative estimate of drug-likeness (QED) is 0.624. The number of hydrogen-bond acceptors (Lipinski definition) is 0. The van der Waals surface area contributed by atoms with Crippen LogP contribution in [0.1, 0.15) is 16.8 Å². The van der Waals surface area contributed by atoms with Crippen molar-refractivity contribution in [2.24, 2.45) is 0 Å². The van der Waals surface area contributed by atoms with Crippen molar-refractivity contribution in [3.05, 3.63) is 71.4 Å². The molecule has 0 unspecified atom stereocenters. The fourth-order valence-electron chi connectivity index (χ4n) is 2.54. The second-order valence-corrected chi connectivity index (χ2v) is 5.13. The van der Waals surface area contributed by atoms with E-state index < -0.39 is 11.7 Å². The normalized spacial score (nSPS) is 12.0. The predicted molar refractivity (Wildman–Crippen MR) is 77.2 cm³/mol. The fourth-order valence-corrected chi connectivity index (χ4v) is 2.54. The summed E-state index contributed by atoms with van der Waals surface area (Å²) >= 11 is 0. The molecule has 0 atom stereocenters. The summed E-state index contributed by atoms with van der Waals surface area (Å²) in [5, 5.41) is 1.14. The van der Waals surface area contributed by atoms with Gasteiger partial charge in [-0.25, -0.2) is 0 Å². The number of fused-ring (bicyclic) bond motifs is 1. The molecule has 0 aliphatic carbocycles. The molecule has 0 N–H and O–H groups in total. The molecule has 21 heavy (non-hydrogen) atoms. The zero-order chi connectivity index (χ0) is 15.0. The van der Waals surface area contributed by atoms with E-state index in [4.69, 9.17) is 0 Å². The van der Waals surface area contributed by atoms with Crippen LogP contribution < -0.4 is 0 Å². The Balaban J connectivity index is 1.94. The number of aryl methyl sites for hydroxylation is 1. The Morgan fingerprint density at radius 2 is 1.62 bits per heavy atom. The number of benzene rings is 2. The van der Waals surface area contributed by atoms with Crippen molar-refractivity contribution in [2.75, 3.05) is 0 Å². The van der Waals surface area contributed by atoms with Gasteiger partial charge in [-0.15, -0.1) is 0 Å². The van der Waals surface area contributed by atoms with Gasteiger partial charge in [0.25, 0.3) is 0 Å². The highest BCUT2D eigenvalue weighted by molar-refractivity contribution is 5.81. The zero-order valence-electron chi connectivity index (χ0n) is 11.5. The van der Waals surface area contributed by atoms with Crippen LogP contribution in [0.3, 0.4) is 0 Å². The lowest BCUT2D eigenvalue weighted by Crippen LogP contribution is -2.06. The molecule has 0 aliphatic heterocycles. The maximum atomic E-state index is 12.6. The largest absolute Gasteiger partial charge is 0.416 e. The Kier molecular flexibility index (Phi) is 3.24. The van der Waals surface area contributed by atoms with Gasteiger partial charge in [0, 0.05) is 17.8 Å². The Hall–Kier alpha value is -2.23. The third kappa shape index (κ3) is 2.66. The number of alkyl halides is 3. The minimum Gasteiger partial charge on any atom is -0.340 e. The van der Waals surface area contributed by atoms with Gasteiger partial charge >= 0.3 is 6.18 Å². The van der Waals surface area contributed by atoms with E-state index in [-0.39, 0.29) is 0 Å². The van der Waals surface area contributed by atoms with Crippen LogP contribution in [0.5, 0.6) is 0 Å². The Bertz CT molecular complexity index is 767. The summed E-state index contributed by atoms with van der Waals surface area (Å²) in [6, 6.07) is 15.4. The number of halogens is 3. The van der Waals surface area contributed by atoms with Crippen molar-refractivity contribution in [3.8, 4) is 0 Å². The molecule has 0 spiro atoms. The molecule has 108 valence electrons. The molecule has 1 heterocycles. The van der Waals surface area contributed by atoms with E-state index in [1.807, 2.05) is 31.2 Å². The van der Waals surface area contributed by atoms with E-state index in [1.165, 1.54) is 12.1 Å². The minimum absolute atomic E-state index is 0.567. The molecule has 0 amide bonds. The van der Waals surface area contributed by atoms with Gasteiger partial charge in [0.15, 0.2) is 0 Å². The molecule has 3 rings (SSSR count). The van der Waals surface area contributed by atoms with Crippen molar-refractivity contribution < 1.29 is 13.2 Å². The lowest BCUT2D eigenvalue weighted by molar-refractivity contribution is -0.137. The third-order valence-corrected chi connectivity index (χ3v) is 3.64. The average Bonchev–Trinajstić information content (AvgIpc) is 2.75. The number of para-hydroxylation sites is 1. The highest BCUT2D eigenvalue weighted by atomic mass is 19.4. The highest BCUT2D eigenvalue weighted by Gasteiger charge is 2.29. The molecule has 4 heteroatoms. The first kappa shape index (κ1) is 13.7. The lowest BCUT2D eigenvalue weighted by Gasteiger charge is -2.10. The van der Waals surface area contributed by atoms with Crippen molar-refractivity contribution in [3.63, 3.8) is 0 Å². The van der Waals surface area contributed by atoms with Crippen LogP contribution in [0, 0.1) is 6.92 Å². The van der Waals surface area contributed by atoms with E-state index in [2.05, 4.69) is 10.6 Å². The van der Waals surface area contributed by atoms with Crippen molar-refractivity contribution in [2.45, 2.75) is 19.6 Å². The Morgan fingerprint density at radius 3 is 2.29 bits per heavy atom. The van der Waals surface area contributed by atoms with Crippen LogP contribution in [-0.4, -0.2) is 4.57 Å². The summed E-state index contributed by atoms with van der Waals surface area (Å²) in [6.45, 7) is 2.57. The highest BCUT2D eigenvalue weighted by Crippen LogP contribution is 2.29. The molecular formula is C17H14F3N. The summed E-state index contributed by atoms with van der Waals surface area (Å²) in [5.74, 6) is 0. The van der Waals surface area contributed by atoms with Crippen LogP contribution >= 0.6 is 0 Å². The SMILES string of the molecule is Cc1cc2ccccc2n1Cc1ccc(C(F)(F)F)cc1. The van der Waals surface area contributed by atoms with Gasteiger partial charge in [-0.05, 0) is 42.1 Å². The molecule has 3 aromatic rings. The van der Waals surface area contributed by atoms with Gasteiger partial charge in [0.05, 0.1) is 5.56 Å². The maximum Gasteiger partial charge on any atom is 0.416 e. The van der Waals surface area contributed by atoms with Gasteiger partial charge in [-0.3, -0.25) is 0 Å². The summed E-state index contributed by atoms with van der Waals surface area (Å²) < 4.78 is 39.8. The molecule has 0 bridgehead atoms. The summed E-state index contributed by atoms with van der Waals surface area (Å²) in [7, 11) is 0. The number of rotatable bonds is 2. The summed E-state index contributed by atoms with van der Waals surface area (Å²) in [4.78, 5) is 0. The molecule has 0 saturated carbocycles. The van der Waals surface area contributed by atoms with Crippen molar-refractivity contribution in [1.29, 1.82) is 0 Å². The molecule has 0 radical (unpaired) electrons. The van der Waals surface area contributed by atoms with E-state index >= 15 is 0 Å².